The number of ether oxygens (including phenoxy) is 5. The maximum atomic E-state index is 12.1. The quantitative estimate of drug-likeness (QED) is 0.209. The Morgan fingerprint density at radius 3 is 2.66 bits per heavy atom. The summed E-state index contributed by atoms with van der Waals surface area (Å²) in [6.07, 6.45) is -5.07. The summed E-state index contributed by atoms with van der Waals surface area (Å²) in [6, 6.07) is 4.47. The van der Waals surface area contributed by atoms with Crippen LogP contribution in [0.4, 0.5) is 0 Å². The van der Waals surface area contributed by atoms with Gasteiger partial charge in [-0.25, -0.2) is 4.79 Å². The van der Waals surface area contributed by atoms with Gasteiger partial charge in [-0.2, -0.15) is 0 Å². The highest BCUT2D eigenvalue weighted by atomic mass is 16.7. The molecule has 2 aliphatic rings. The van der Waals surface area contributed by atoms with Crippen molar-refractivity contribution >= 4 is 18.0 Å². The van der Waals surface area contributed by atoms with Gasteiger partial charge in [0, 0.05) is 12.0 Å². The Labute approximate surface area is 201 Å². The first kappa shape index (κ1) is 26.9. The molecule has 2 aliphatic heterocycles. The van der Waals surface area contributed by atoms with Crippen LogP contribution >= 0.6 is 0 Å². The Morgan fingerprint density at radius 2 is 2.00 bits per heavy atom. The van der Waals surface area contributed by atoms with Crippen molar-refractivity contribution in [3.8, 4) is 11.5 Å². The van der Waals surface area contributed by atoms with Gasteiger partial charge in [0.15, 0.2) is 17.8 Å². The molecule has 0 radical (unpaired) electrons. The van der Waals surface area contributed by atoms with Crippen LogP contribution in [0.3, 0.4) is 0 Å². The van der Waals surface area contributed by atoms with E-state index in [0.29, 0.717) is 5.56 Å². The number of methoxy groups -OCH3 is 1. The number of aromatic hydroxyl groups is 1. The fourth-order valence-corrected chi connectivity index (χ4v) is 3.63. The third kappa shape index (κ3) is 6.48. The average molecular weight is 498 g/mol. The third-order valence-electron chi connectivity index (χ3n) is 6.04. The minimum absolute atomic E-state index is 0.0539. The molecular weight excluding hydrogens is 468 g/mol. The standard InChI is InChI=1S/C23H30O12/c1-12(23(30)8-18(26)34-11-23)9-33-22-21(29)20(28)19(27)16(35-22)10-32-17(25)6-4-13-3-5-14(24)15(7-13)31-2/h3-7,12,16,19-22,24,27-30H,8-11H2,1-2H3/t12-,16-,19-,20+,21-,22+,23+/m1/s1. The number of rotatable bonds is 9. The molecule has 2 fully saturated rings. The highest BCUT2D eigenvalue weighted by molar-refractivity contribution is 5.87. The molecule has 12 nitrogen and oxygen atoms in total. The van der Waals surface area contributed by atoms with Crippen LogP contribution in [0.15, 0.2) is 24.3 Å². The van der Waals surface area contributed by atoms with Gasteiger partial charge in [0.2, 0.25) is 0 Å². The largest absolute Gasteiger partial charge is 0.504 e. The lowest BCUT2D eigenvalue weighted by atomic mass is 9.88. The topological polar surface area (TPSA) is 181 Å². The normalized spacial score (nSPS) is 31.8. The second-order valence-electron chi connectivity index (χ2n) is 8.58. The van der Waals surface area contributed by atoms with Gasteiger partial charge in [0.05, 0.1) is 20.1 Å². The van der Waals surface area contributed by atoms with Crippen molar-refractivity contribution in [2.45, 2.75) is 49.7 Å². The third-order valence-corrected chi connectivity index (χ3v) is 6.04. The summed E-state index contributed by atoms with van der Waals surface area (Å²) in [7, 11) is 1.39. The van der Waals surface area contributed by atoms with Crippen LogP contribution < -0.4 is 4.74 Å². The van der Waals surface area contributed by atoms with E-state index >= 15 is 0 Å². The predicted molar refractivity (Wildman–Crippen MR) is 117 cm³/mol. The number of esters is 2. The number of benzene rings is 1. The van der Waals surface area contributed by atoms with Crippen LogP contribution in [0.2, 0.25) is 0 Å². The Hall–Kier alpha value is -2.74. The number of hydrogen-bond acceptors (Lipinski definition) is 12. The molecule has 0 bridgehead atoms. The lowest BCUT2D eigenvalue weighted by Crippen LogP contribution is -2.59. The summed E-state index contributed by atoms with van der Waals surface area (Å²) < 4.78 is 25.9. The van der Waals surface area contributed by atoms with Gasteiger partial charge in [-0.1, -0.05) is 13.0 Å². The molecule has 1 aromatic carbocycles. The number of aliphatic hydroxyl groups is 4. The molecular formula is C23H30O12. The first-order valence-corrected chi connectivity index (χ1v) is 10.9. The second-order valence-corrected chi connectivity index (χ2v) is 8.58. The number of carbonyl (C=O) groups excluding carboxylic acids is 2. The summed E-state index contributed by atoms with van der Waals surface area (Å²) >= 11 is 0. The first-order valence-electron chi connectivity index (χ1n) is 10.9. The van der Waals surface area contributed by atoms with Gasteiger partial charge in [-0.05, 0) is 23.8 Å². The second kappa shape index (κ2) is 11.3. The fourth-order valence-electron chi connectivity index (χ4n) is 3.63. The monoisotopic (exact) mass is 498 g/mol. The van der Waals surface area contributed by atoms with Gasteiger partial charge >= 0.3 is 11.9 Å². The van der Waals surface area contributed by atoms with Crippen molar-refractivity contribution < 1.29 is 58.8 Å². The van der Waals surface area contributed by atoms with Gasteiger partial charge in [0.1, 0.15) is 43.2 Å². The van der Waals surface area contributed by atoms with Gasteiger partial charge in [-0.3, -0.25) is 4.79 Å². The van der Waals surface area contributed by atoms with Crippen molar-refractivity contribution in [3.63, 3.8) is 0 Å². The molecule has 2 heterocycles. The molecule has 0 amide bonds. The van der Waals surface area contributed by atoms with Gasteiger partial charge < -0.3 is 49.2 Å². The summed E-state index contributed by atoms with van der Waals surface area (Å²) in [5.74, 6) is -1.71. The van der Waals surface area contributed by atoms with E-state index in [9.17, 15) is 35.1 Å². The van der Waals surface area contributed by atoms with Crippen LogP contribution in [-0.2, 0) is 28.5 Å². The first-order chi connectivity index (χ1) is 16.5. The summed E-state index contributed by atoms with van der Waals surface area (Å²) in [6.45, 7) is 0.838. The van der Waals surface area contributed by atoms with E-state index < -0.39 is 60.8 Å². The number of hydrogen-bond donors (Lipinski definition) is 5. The van der Waals surface area contributed by atoms with Crippen LogP contribution in [0.5, 0.6) is 11.5 Å². The average Bonchev–Trinajstić information content (AvgIpc) is 3.20. The number of phenols is 1. The molecule has 0 saturated carbocycles. The van der Waals surface area contributed by atoms with E-state index in [1.54, 1.807) is 13.0 Å². The minimum Gasteiger partial charge on any atom is -0.504 e. The lowest BCUT2D eigenvalue weighted by Gasteiger charge is -2.40. The Kier molecular flexibility index (Phi) is 8.70. The maximum absolute atomic E-state index is 12.1. The Balaban J connectivity index is 1.53. The van der Waals surface area contributed by atoms with Crippen LogP contribution in [0, 0.1) is 5.92 Å². The van der Waals surface area contributed by atoms with E-state index in [1.807, 2.05) is 0 Å². The summed E-state index contributed by atoms with van der Waals surface area (Å²) in [5.41, 5.74) is -0.875. The van der Waals surface area contributed by atoms with E-state index in [0.717, 1.165) is 6.08 Å². The molecule has 1 aromatic rings. The van der Waals surface area contributed by atoms with E-state index in [-0.39, 0.29) is 31.1 Å². The molecule has 0 spiro atoms. The van der Waals surface area contributed by atoms with Crippen molar-refractivity contribution in [1.29, 1.82) is 0 Å². The Bertz CT molecular complexity index is 933. The smallest absolute Gasteiger partial charge is 0.330 e. The number of aliphatic hydroxyl groups excluding tert-OH is 3. The van der Waals surface area contributed by atoms with E-state index in [2.05, 4.69) is 0 Å². The number of cyclic esters (lactones) is 1. The van der Waals surface area contributed by atoms with E-state index in [4.69, 9.17) is 23.7 Å². The molecule has 0 aliphatic carbocycles. The molecule has 3 rings (SSSR count). The van der Waals surface area contributed by atoms with Crippen molar-refractivity contribution in [2.24, 2.45) is 5.92 Å². The minimum atomic E-state index is -1.65. The lowest BCUT2D eigenvalue weighted by molar-refractivity contribution is -0.305. The highest BCUT2D eigenvalue weighted by Crippen LogP contribution is 2.30. The van der Waals surface area contributed by atoms with Crippen LogP contribution in [0.25, 0.3) is 6.08 Å². The molecule has 35 heavy (non-hydrogen) atoms. The van der Waals surface area contributed by atoms with E-state index in [1.165, 1.54) is 25.3 Å². The van der Waals surface area contributed by atoms with Gasteiger partial charge in [0.25, 0.3) is 0 Å². The van der Waals surface area contributed by atoms with Crippen LogP contribution in [-0.4, -0.2) is 101 Å². The van der Waals surface area contributed by atoms with Crippen LogP contribution in [0.1, 0.15) is 18.9 Å². The van der Waals surface area contributed by atoms with Crippen molar-refractivity contribution in [1.82, 2.24) is 0 Å². The maximum Gasteiger partial charge on any atom is 0.330 e. The van der Waals surface area contributed by atoms with Crippen molar-refractivity contribution in [3.05, 3.63) is 29.8 Å². The zero-order valence-electron chi connectivity index (χ0n) is 19.3. The number of carbonyl (C=O) groups is 2. The molecule has 7 atom stereocenters. The molecule has 5 N–H and O–H groups in total. The SMILES string of the molecule is COc1cc(C=CC(=O)OC[C@H]2O[C@H](OC[C@@H](C)[C@@]3(O)COC(=O)C3)[C@H](O)[C@@H](O)[C@@H]2O)ccc1O. The predicted octanol–water partition coefficient (Wildman–Crippen LogP) is -0.904. The zero-order valence-corrected chi connectivity index (χ0v) is 19.3. The molecule has 2 saturated heterocycles. The molecule has 0 aromatic heterocycles. The molecule has 0 unspecified atom stereocenters. The Morgan fingerprint density at radius 1 is 1.26 bits per heavy atom. The molecule has 12 heteroatoms. The molecule has 194 valence electrons. The van der Waals surface area contributed by atoms with Crippen molar-refractivity contribution in [2.75, 3.05) is 26.9 Å². The fraction of sp³-hybridized carbons (Fsp3) is 0.565. The zero-order chi connectivity index (χ0) is 25.8. The highest BCUT2D eigenvalue weighted by Gasteiger charge is 2.47. The van der Waals surface area contributed by atoms with Gasteiger partial charge in [-0.15, -0.1) is 0 Å². The summed E-state index contributed by atoms with van der Waals surface area (Å²) in [4.78, 5) is 23.4. The number of phenolic OH excluding ortho intramolecular Hbond substituents is 1. The summed E-state index contributed by atoms with van der Waals surface area (Å²) in [5, 5.41) is 50.7.